The molecular weight excluding hydrogens is 641 g/mol. The number of anilines is 1. The number of hydrogen-bond donors (Lipinski definition) is 0. The molecule has 2 aromatic carbocycles. The minimum Gasteiger partial charge on any atom is -1.00 e. The molecular formula is C35H42ClN3S2Se. The van der Waals surface area contributed by atoms with E-state index in [0.29, 0.717) is 0 Å². The Morgan fingerprint density at radius 3 is 2.40 bits per heavy atom. The number of rotatable bonds is 2. The fraction of sp³-hybridized carbons (Fsp3) is 0.486. The summed E-state index contributed by atoms with van der Waals surface area (Å²) in [5.74, 6) is 0. The molecule has 3 aromatic rings. The standard InChI is InChI=1S/C35H42N3S2Se.ClH/c1-34(2)12-16-36(5)26-20-30-22(18-24(26)34)32(28-10-11-29(40-28)33(39)38-14-8-7-9-15-38)23-19-25-27(21-31(23)41-30)37(6)17-13-35(25,3)4;/h10-11,18-21H,7-9,12-17H2,1-6H3;1H/q+1;/p-1. The number of benzene rings is 2. The van der Waals surface area contributed by atoms with E-state index in [1.807, 2.05) is 11.3 Å². The number of halogens is 1. The molecule has 0 aliphatic carbocycles. The molecule has 4 aliphatic rings. The number of likely N-dealkylation sites (tertiary alicyclic amines) is 1. The molecule has 0 bridgehead atoms. The van der Waals surface area contributed by atoms with Crippen LogP contribution in [0.4, 0.5) is 5.69 Å². The van der Waals surface area contributed by atoms with E-state index in [-0.39, 0.29) is 38.2 Å². The molecule has 0 spiro atoms. The Bertz CT molecular complexity index is 1710. The van der Waals surface area contributed by atoms with Crippen LogP contribution < -0.4 is 41.4 Å². The number of thiocarbonyl (C=S) groups is 1. The van der Waals surface area contributed by atoms with Crippen molar-refractivity contribution in [3.8, 4) is 0 Å². The maximum Gasteiger partial charge on any atom is -1.00 e. The van der Waals surface area contributed by atoms with Crippen LogP contribution in [0, 0.1) is 0 Å². The quantitative estimate of drug-likeness (QED) is 0.178. The molecule has 1 fully saturated rings. The number of nitrogens with zero attached hydrogens (tertiary/aromatic N) is 3. The SMILES string of the molecule is CN1CCC(C)(C)c2cc3c(cc21)[Se]c1cc2c(cc1=C3c1ccc(C(=S)N3CCCCC3)s1)C(C)(C)CC[N+]=2C.[Cl-]. The zero-order valence-corrected chi connectivity index (χ0v) is 29.9. The molecule has 42 heavy (non-hydrogen) atoms. The second-order valence-corrected chi connectivity index (χ2v) is 17.6. The second-order valence-electron chi connectivity index (χ2n) is 13.8. The summed E-state index contributed by atoms with van der Waals surface area (Å²) in [5, 5.41) is 2.89. The Kier molecular flexibility index (Phi) is 7.97. The summed E-state index contributed by atoms with van der Waals surface area (Å²) in [5.41, 5.74) is 7.66. The Hall–Kier alpha value is -1.69. The summed E-state index contributed by atoms with van der Waals surface area (Å²) >= 11 is 8.24. The van der Waals surface area contributed by atoms with Gasteiger partial charge in [0.25, 0.3) is 0 Å². The topological polar surface area (TPSA) is 9.49 Å². The van der Waals surface area contributed by atoms with Crippen LogP contribution in [-0.4, -0.2) is 65.1 Å². The Morgan fingerprint density at radius 1 is 0.905 bits per heavy atom. The van der Waals surface area contributed by atoms with Gasteiger partial charge in [0.05, 0.1) is 0 Å². The molecule has 7 rings (SSSR count). The predicted octanol–water partition coefficient (Wildman–Crippen LogP) is 1.05. The van der Waals surface area contributed by atoms with Crippen LogP contribution in [0.15, 0.2) is 36.4 Å². The van der Waals surface area contributed by atoms with Crippen LogP contribution in [0.1, 0.15) is 86.2 Å². The maximum absolute atomic E-state index is 6.08. The van der Waals surface area contributed by atoms with Crippen molar-refractivity contribution >= 4 is 63.7 Å². The predicted molar refractivity (Wildman–Crippen MR) is 181 cm³/mol. The van der Waals surface area contributed by atoms with Gasteiger partial charge >= 0.3 is 262 Å². The molecule has 4 aliphatic heterocycles. The summed E-state index contributed by atoms with van der Waals surface area (Å²) < 4.78 is 5.53. The largest absolute Gasteiger partial charge is 1.00 e. The molecule has 0 saturated carbocycles. The zero-order valence-electron chi connectivity index (χ0n) is 25.8. The molecule has 0 radical (unpaired) electrons. The number of thiophene rings is 1. The van der Waals surface area contributed by atoms with Gasteiger partial charge in [-0.05, 0) is 0 Å². The number of hydrogen-bond acceptors (Lipinski definition) is 3. The van der Waals surface area contributed by atoms with Gasteiger partial charge in [0, 0.05) is 0 Å². The molecule has 7 heteroatoms. The van der Waals surface area contributed by atoms with Gasteiger partial charge in [0.1, 0.15) is 0 Å². The van der Waals surface area contributed by atoms with Crippen molar-refractivity contribution in [3.63, 3.8) is 0 Å². The van der Waals surface area contributed by atoms with Crippen molar-refractivity contribution in [1.82, 2.24) is 9.48 Å². The van der Waals surface area contributed by atoms with Crippen molar-refractivity contribution in [2.45, 2.75) is 70.6 Å². The summed E-state index contributed by atoms with van der Waals surface area (Å²) in [6.45, 7) is 14.2. The van der Waals surface area contributed by atoms with E-state index in [2.05, 4.69) is 92.6 Å². The third-order valence-electron chi connectivity index (χ3n) is 10.1. The van der Waals surface area contributed by atoms with E-state index in [1.54, 1.807) is 0 Å². The maximum atomic E-state index is 6.08. The van der Waals surface area contributed by atoms with Gasteiger partial charge in [-0.1, -0.05) is 0 Å². The van der Waals surface area contributed by atoms with Crippen molar-refractivity contribution in [1.29, 1.82) is 0 Å². The fourth-order valence-electron chi connectivity index (χ4n) is 7.19. The van der Waals surface area contributed by atoms with Gasteiger partial charge in [-0.3, -0.25) is 0 Å². The second kappa shape index (κ2) is 11.0. The Labute approximate surface area is 273 Å². The van der Waals surface area contributed by atoms with Crippen molar-refractivity contribution < 1.29 is 12.4 Å². The van der Waals surface area contributed by atoms with E-state index in [4.69, 9.17) is 12.2 Å². The number of piperidine rings is 1. The molecule has 0 unspecified atom stereocenters. The summed E-state index contributed by atoms with van der Waals surface area (Å²) in [7, 11) is 4.55. The Balaban J connectivity index is 0.00000316. The molecule has 0 N–H and O–H groups in total. The Morgan fingerprint density at radius 2 is 1.64 bits per heavy atom. The average Bonchev–Trinajstić information content (AvgIpc) is 3.45. The van der Waals surface area contributed by atoms with Gasteiger partial charge < -0.3 is 12.4 Å². The molecule has 1 saturated heterocycles. The smallest absolute Gasteiger partial charge is 1.00 e. The monoisotopic (exact) mass is 683 g/mol. The van der Waals surface area contributed by atoms with Gasteiger partial charge in [-0.25, -0.2) is 0 Å². The first-order valence-electron chi connectivity index (χ1n) is 15.3. The van der Waals surface area contributed by atoms with Crippen molar-refractivity contribution in [2.75, 3.05) is 45.2 Å². The van der Waals surface area contributed by atoms with Crippen LogP contribution in [0.25, 0.3) is 5.57 Å². The molecule has 3 nitrogen and oxygen atoms in total. The van der Waals surface area contributed by atoms with Crippen LogP contribution >= 0.6 is 23.6 Å². The molecule has 5 heterocycles. The van der Waals surface area contributed by atoms with E-state index in [0.717, 1.165) is 31.2 Å². The van der Waals surface area contributed by atoms with Crippen LogP contribution in [0.5, 0.6) is 0 Å². The molecule has 0 amide bonds. The van der Waals surface area contributed by atoms with Crippen LogP contribution in [0.2, 0.25) is 0 Å². The number of fused-ring (bicyclic) bond motifs is 4. The first kappa shape index (κ1) is 30.3. The first-order valence-corrected chi connectivity index (χ1v) is 18.2. The van der Waals surface area contributed by atoms with E-state index in [9.17, 15) is 0 Å². The van der Waals surface area contributed by atoms with Crippen molar-refractivity contribution in [3.05, 3.63) is 73.4 Å². The fourth-order valence-corrected chi connectivity index (χ4v) is 11.0. The zero-order chi connectivity index (χ0) is 28.7. The van der Waals surface area contributed by atoms with E-state index < -0.39 is 0 Å². The third kappa shape index (κ3) is 5.00. The van der Waals surface area contributed by atoms with Crippen molar-refractivity contribution in [2.24, 2.45) is 0 Å². The van der Waals surface area contributed by atoms with Crippen LogP contribution in [-0.2, 0) is 10.8 Å². The first-order chi connectivity index (χ1) is 19.5. The van der Waals surface area contributed by atoms with Gasteiger partial charge in [0.2, 0.25) is 0 Å². The normalized spacial score (nSPS) is 20.2. The van der Waals surface area contributed by atoms with Crippen LogP contribution in [0.3, 0.4) is 0 Å². The van der Waals surface area contributed by atoms with E-state index >= 15 is 0 Å². The van der Waals surface area contributed by atoms with Gasteiger partial charge in [0.15, 0.2) is 0 Å². The molecule has 1 aromatic heterocycles. The van der Waals surface area contributed by atoms with Gasteiger partial charge in [-0.15, -0.1) is 0 Å². The summed E-state index contributed by atoms with van der Waals surface area (Å²) in [4.78, 5) is 8.58. The summed E-state index contributed by atoms with van der Waals surface area (Å²) in [6.07, 6.45) is 6.21. The minimum absolute atomic E-state index is 0. The molecule has 222 valence electrons. The molecule has 0 atom stereocenters. The average molecular weight is 683 g/mol. The van der Waals surface area contributed by atoms with Gasteiger partial charge in [-0.2, -0.15) is 0 Å². The van der Waals surface area contributed by atoms with E-state index in [1.165, 1.54) is 89.3 Å². The summed E-state index contributed by atoms with van der Waals surface area (Å²) in [6, 6.07) is 14.9. The minimum atomic E-state index is 0. The third-order valence-corrected chi connectivity index (χ3v) is 14.1.